The first kappa shape index (κ1) is 16.1. The van der Waals surface area contributed by atoms with E-state index < -0.39 is 0 Å². The van der Waals surface area contributed by atoms with Gasteiger partial charge in [0.2, 0.25) is 0 Å². The summed E-state index contributed by atoms with van der Waals surface area (Å²) in [5.74, 6) is 1.35. The van der Waals surface area contributed by atoms with Crippen molar-refractivity contribution in [2.45, 2.75) is 38.8 Å². The summed E-state index contributed by atoms with van der Waals surface area (Å²) >= 11 is 0. The molecule has 0 bridgehead atoms. The smallest absolute Gasteiger partial charge is 0.160 e. The zero-order valence-corrected chi connectivity index (χ0v) is 13.3. The van der Waals surface area contributed by atoms with E-state index in [4.69, 9.17) is 10.7 Å². The van der Waals surface area contributed by atoms with Crippen molar-refractivity contribution >= 4 is 11.7 Å². The highest BCUT2D eigenvalue weighted by atomic mass is 16.3. The van der Waals surface area contributed by atoms with Gasteiger partial charge < -0.3 is 20.8 Å². The molecular weight excluding hydrogens is 280 g/mol. The number of nitrogens with two attached hydrogens (primary N) is 1. The number of nitrogens with zero attached hydrogens (tertiary/aromatic N) is 3. The minimum absolute atomic E-state index is 0.0539. The fourth-order valence-electron chi connectivity index (χ4n) is 2.40. The summed E-state index contributed by atoms with van der Waals surface area (Å²) in [7, 11) is 1.95. The molecule has 0 spiro atoms. The van der Waals surface area contributed by atoms with Gasteiger partial charge in [-0.05, 0) is 31.9 Å². The number of aromatic hydroxyl groups is 2. The number of para-hydroxylation sites is 1. The molecule has 0 aliphatic carbocycles. The number of hydrogen-bond acceptors (Lipinski definition) is 6. The predicted molar refractivity (Wildman–Crippen MR) is 88.7 cm³/mol. The molecule has 1 aromatic rings. The van der Waals surface area contributed by atoms with Gasteiger partial charge in [-0.15, -0.1) is 0 Å². The Bertz CT molecular complexity index is 598. The van der Waals surface area contributed by atoms with Crippen LogP contribution in [0, 0.1) is 0 Å². The summed E-state index contributed by atoms with van der Waals surface area (Å²) in [6, 6.07) is 5.17. The second kappa shape index (κ2) is 6.68. The lowest BCUT2D eigenvalue weighted by molar-refractivity contribution is 0.396. The molecule has 0 aromatic heterocycles. The van der Waals surface area contributed by atoms with Gasteiger partial charge in [0, 0.05) is 13.6 Å². The first-order valence-electron chi connectivity index (χ1n) is 7.48. The molecule has 1 aromatic carbocycles. The van der Waals surface area contributed by atoms with E-state index in [-0.39, 0.29) is 23.6 Å². The third kappa shape index (κ3) is 3.69. The van der Waals surface area contributed by atoms with Crippen LogP contribution in [-0.2, 0) is 6.42 Å². The van der Waals surface area contributed by atoms with E-state index >= 15 is 0 Å². The van der Waals surface area contributed by atoms with Gasteiger partial charge in [0.15, 0.2) is 11.5 Å². The average molecular weight is 304 g/mol. The predicted octanol–water partition coefficient (Wildman–Crippen LogP) is 1.51. The zero-order valence-electron chi connectivity index (χ0n) is 13.3. The molecule has 22 heavy (non-hydrogen) atoms. The normalized spacial score (nSPS) is 21.8. The van der Waals surface area contributed by atoms with Crippen LogP contribution in [0.4, 0.5) is 0 Å². The SMILES string of the molecule is CC1N=C(N)CC(N(C)CCc2cccc(O)c2O)=NC1C. The molecule has 6 nitrogen and oxygen atoms in total. The topological polar surface area (TPSA) is 94.4 Å². The van der Waals surface area contributed by atoms with Gasteiger partial charge in [-0.25, -0.2) is 0 Å². The third-order valence-corrected chi connectivity index (χ3v) is 4.01. The molecular formula is C16H24N4O2. The van der Waals surface area contributed by atoms with Crippen LogP contribution < -0.4 is 5.73 Å². The maximum Gasteiger partial charge on any atom is 0.160 e. The number of phenolic OH excluding ortho intramolecular Hbond substituents is 2. The van der Waals surface area contributed by atoms with Crippen LogP contribution in [0.2, 0.25) is 0 Å². The van der Waals surface area contributed by atoms with Crippen LogP contribution in [0.15, 0.2) is 28.2 Å². The highest BCUT2D eigenvalue weighted by Gasteiger charge is 2.19. The van der Waals surface area contributed by atoms with Gasteiger partial charge in [0.05, 0.1) is 18.5 Å². The molecule has 2 atom stereocenters. The van der Waals surface area contributed by atoms with Gasteiger partial charge in [-0.1, -0.05) is 12.1 Å². The minimum atomic E-state index is -0.0919. The van der Waals surface area contributed by atoms with Crippen LogP contribution in [0.1, 0.15) is 25.8 Å². The van der Waals surface area contributed by atoms with Crippen LogP contribution in [0.3, 0.4) is 0 Å². The fourth-order valence-corrected chi connectivity index (χ4v) is 2.40. The van der Waals surface area contributed by atoms with Crippen LogP contribution >= 0.6 is 0 Å². The lowest BCUT2D eigenvalue weighted by Crippen LogP contribution is -2.32. The quantitative estimate of drug-likeness (QED) is 0.738. The molecule has 2 unspecified atom stereocenters. The number of likely N-dealkylation sites (N-methyl/N-ethyl adjacent to an activating group) is 1. The van der Waals surface area contributed by atoms with E-state index in [0.717, 1.165) is 5.84 Å². The van der Waals surface area contributed by atoms with Crippen molar-refractivity contribution in [2.75, 3.05) is 13.6 Å². The summed E-state index contributed by atoms with van der Waals surface area (Å²) in [6.07, 6.45) is 1.15. The maximum absolute atomic E-state index is 9.85. The first-order chi connectivity index (χ1) is 10.4. The molecule has 2 rings (SSSR count). The number of rotatable bonds is 3. The Morgan fingerprint density at radius 1 is 1.23 bits per heavy atom. The number of hydrogen-bond donors (Lipinski definition) is 3. The van der Waals surface area contributed by atoms with Crippen LogP contribution in [-0.4, -0.2) is 52.5 Å². The molecule has 0 saturated heterocycles. The minimum Gasteiger partial charge on any atom is -0.504 e. The van der Waals surface area contributed by atoms with E-state index in [1.807, 2.05) is 25.8 Å². The Morgan fingerprint density at radius 3 is 2.64 bits per heavy atom. The van der Waals surface area contributed by atoms with Crippen molar-refractivity contribution in [3.8, 4) is 11.5 Å². The number of benzene rings is 1. The average Bonchev–Trinajstić information content (AvgIpc) is 2.59. The Labute approximate surface area is 131 Å². The summed E-state index contributed by atoms with van der Waals surface area (Å²) in [5.41, 5.74) is 6.65. The third-order valence-electron chi connectivity index (χ3n) is 4.01. The monoisotopic (exact) mass is 304 g/mol. The second-order valence-corrected chi connectivity index (χ2v) is 5.78. The highest BCUT2D eigenvalue weighted by Crippen LogP contribution is 2.28. The largest absolute Gasteiger partial charge is 0.504 e. The molecule has 4 N–H and O–H groups in total. The van der Waals surface area contributed by atoms with E-state index in [9.17, 15) is 10.2 Å². The van der Waals surface area contributed by atoms with Gasteiger partial charge >= 0.3 is 0 Å². The zero-order chi connectivity index (χ0) is 16.3. The standard InChI is InChI=1S/C16H24N4O2/c1-10-11(2)19-15(9-14(17)18-10)20(3)8-7-12-5-4-6-13(21)16(12)22/h4-6,10-11,21-22H,7-9H2,1-3H3,(H2,17,18). The fraction of sp³-hybridized carbons (Fsp3) is 0.500. The number of phenols is 2. The van der Waals surface area contributed by atoms with E-state index in [2.05, 4.69) is 4.99 Å². The van der Waals surface area contributed by atoms with Crippen molar-refractivity contribution in [3.05, 3.63) is 23.8 Å². The van der Waals surface area contributed by atoms with Crippen LogP contribution in [0.5, 0.6) is 11.5 Å². The molecule has 0 fully saturated rings. The summed E-state index contributed by atoms with van der Waals surface area (Å²) < 4.78 is 0. The molecule has 1 aliphatic rings. The van der Waals surface area contributed by atoms with Gasteiger partial charge in [-0.2, -0.15) is 0 Å². The molecule has 1 aliphatic heterocycles. The maximum atomic E-state index is 9.85. The summed E-state index contributed by atoms with van der Waals surface area (Å²) in [6.45, 7) is 4.71. The van der Waals surface area contributed by atoms with E-state index in [0.29, 0.717) is 30.8 Å². The van der Waals surface area contributed by atoms with Crippen molar-refractivity contribution in [3.63, 3.8) is 0 Å². The summed E-state index contributed by atoms with van der Waals surface area (Å²) in [4.78, 5) is 11.1. The lowest BCUT2D eigenvalue weighted by atomic mass is 10.1. The van der Waals surface area contributed by atoms with Crippen molar-refractivity contribution in [2.24, 2.45) is 15.7 Å². The molecule has 6 heteroatoms. The Balaban J connectivity index is 2.06. The molecule has 1 heterocycles. The second-order valence-electron chi connectivity index (χ2n) is 5.78. The van der Waals surface area contributed by atoms with Crippen molar-refractivity contribution < 1.29 is 10.2 Å². The Morgan fingerprint density at radius 2 is 1.91 bits per heavy atom. The number of amidine groups is 2. The van der Waals surface area contributed by atoms with Crippen molar-refractivity contribution in [1.29, 1.82) is 0 Å². The lowest BCUT2D eigenvalue weighted by Gasteiger charge is -2.22. The van der Waals surface area contributed by atoms with Crippen LogP contribution in [0.25, 0.3) is 0 Å². The highest BCUT2D eigenvalue weighted by molar-refractivity contribution is 6.02. The number of aliphatic imine (C=N–C) groups is 2. The molecule has 0 amide bonds. The molecule has 0 radical (unpaired) electrons. The van der Waals surface area contributed by atoms with Gasteiger partial charge in [0.25, 0.3) is 0 Å². The van der Waals surface area contributed by atoms with E-state index in [1.54, 1.807) is 12.1 Å². The Hall–Kier alpha value is -2.24. The first-order valence-corrected chi connectivity index (χ1v) is 7.48. The van der Waals surface area contributed by atoms with Crippen molar-refractivity contribution in [1.82, 2.24) is 4.90 Å². The molecule has 0 saturated carbocycles. The van der Waals surface area contributed by atoms with E-state index in [1.165, 1.54) is 6.07 Å². The van der Waals surface area contributed by atoms with Gasteiger partial charge in [-0.3, -0.25) is 9.98 Å². The van der Waals surface area contributed by atoms with Gasteiger partial charge in [0.1, 0.15) is 11.7 Å². The summed E-state index contributed by atoms with van der Waals surface area (Å²) in [5, 5.41) is 19.4. The molecule has 120 valence electrons. The Kier molecular flexibility index (Phi) is 4.90.